The summed E-state index contributed by atoms with van der Waals surface area (Å²) in [4.78, 5) is 37.8. The molecule has 0 saturated heterocycles. The summed E-state index contributed by atoms with van der Waals surface area (Å²) >= 11 is 0. The molecular weight excluding hydrogens is 1250 g/mol. The monoisotopic (exact) mass is 1410 g/mol. The van der Waals surface area contributed by atoms with Gasteiger partial charge >= 0.3 is 17.9 Å². The maximum Gasteiger partial charge on any atom is 0.361 e. The molecule has 0 bridgehead atoms. The van der Waals surface area contributed by atoms with Crippen LogP contribution in [-0.4, -0.2) is 87.4 Å². The van der Waals surface area contributed by atoms with Gasteiger partial charge in [0.05, 0.1) is 34.4 Å². The predicted octanol–water partition coefficient (Wildman–Crippen LogP) is 27.8. The van der Waals surface area contributed by atoms with Gasteiger partial charge < -0.3 is 28.5 Å². The minimum Gasteiger partial charge on any atom is -0.477 e. The second kappa shape index (κ2) is 81.4. The zero-order valence-electron chi connectivity index (χ0n) is 66.8. The third kappa shape index (κ3) is 82.8. The average Bonchev–Trinajstić information content (AvgIpc) is 1.21. The first kappa shape index (κ1) is 96.7. The number of likely N-dealkylation sites (N-methyl/N-ethyl adjacent to an activating group) is 1. The Labute approximate surface area is 625 Å². The van der Waals surface area contributed by atoms with E-state index in [0.29, 0.717) is 17.4 Å². The molecule has 0 aliphatic heterocycles. The molecule has 2 atom stereocenters. The normalized spacial score (nSPS) is 13.2. The van der Waals surface area contributed by atoms with Crippen LogP contribution in [0.25, 0.3) is 0 Å². The van der Waals surface area contributed by atoms with Gasteiger partial charge in [-0.15, -0.1) is 0 Å². The summed E-state index contributed by atoms with van der Waals surface area (Å²) in [5.74, 6) is -1.98. The smallest absolute Gasteiger partial charge is 0.361 e. The quantitative estimate of drug-likeness (QED) is 0.0211. The van der Waals surface area contributed by atoms with Crippen LogP contribution in [-0.2, 0) is 33.3 Å². The molecule has 9 nitrogen and oxygen atoms in total. The average molecular weight is 1410 g/mol. The minimum atomic E-state index is -1.51. The van der Waals surface area contributed by atoms with Crippen molar-refractivity contribution in [3.8, 4) is 0 Å². The summed E-state index contributed by atoms with van der Waals surface area (Å²) in [6.45, 7) is 4.70. The van der Waals surface area contributed by atoms with Gasteiger partial charge in [0.2, 0.25) is 0 Å². The van der Waals surface area contributed by atoms with Crippen LogP contribution in [0.2, 0.25) is 0 Å². The van der Waals surface area contributed by atoms with Crippen LogP contribution in [0.15, 0.2) is 122 Å². The number of ether oxygens (including phenoxy) is 4. The van der Waals surface area contributed by atoms with E-state index in [2.05, 4.69) is 135 Å². The predicted molar refractivity (Wildman–Crippen MR) is 438 cm³/mol. The van der Waals surface area contributed by atoms with Crippen molar-refractivity contribution in [2.75, 3.05) is 47.5 Å². The van der Waals surface area contributed by atoms with E-state index in [9.17, 15) is 19.5 Å². The number of unbranched alkanes of at least 4 members (excludes halogenated alkanes) is 44. The number of hydrogen-bond acceptors (Lipinski definition) is 7. The molecule has 0 aromatic heterocycles. The molecule has 0 aromatic carbocycles. The molecule has 9 heteroatoms. The van der Waals surface area contributed by atoms with E-state index in [1.54, 1.807) is 0 Å². The van der Waals surface area contributed by atoms with Gasteiger partial charge in [-0.05, 0) is 103 Å². The van der Waals surface area contributed by atoms with Crippen LogP contribution in [0.1, 0.15) is 386 Å². The van der Waals surface area contributed by atoms with Gasteiger partial charge in [0.1, 0.15) is 13.2 Å². The third-order valence-electron chi connectivity index (χ3n) is 18.7. The molecule has 101 heavy (non-hydrogen) atoms. The molecule has 0 aliphatic carbocycles. The van der Waals surface area contributed by atoms with Crippen molar-refractivity contribution in [1.29, 1.82) is 0 Å². The Morgan fingerprint density at radius 2 is 0.535 bits per heavy atom. The van der Waals surface area contributed by atoms with E-state index in [4.69, 9.17) is 18.9 Å². The number of nitrogens with zero attached hydrogens (tertiary/aromatic N) is 1. The number of carboxylic acid groups (broad SMARTS) is 1. The van der Waals surface area contributed by atoms with Crippen LogP contribution >= 0.6 is 0 Å². The maximum atomic E-state index is 13.0. The first-order chi connectivity index (χ1) is 49.6. The Hall–Kier alpha value is -4.31. The Bertz CT molecular complexity index is 2090. The Kier molecular flexibility index (Phi) is 77.9. The molecule has 0 saturated carbocycles. The lowest BCUT2D eigenvalue weighted by Crippen LogP contribution is -2.40. The number of aliphatic carboxylic acids is 1. The van der Waals surface area contributed by atoms with Crippen LogP contribution in [0.3, 0.4) is 0 Å². The van der Waals surface area contributed by atoms with Gasteiger partial charge in [0.15, 0.2) is 6.10 Å². The van der Waals surface area contributed by atoms with Gasteiger partial charge in [-0.2, -0.15) is 0 Å². The molecule has 0 aliphatic rings. The van der Waals surface area contributed by atoms with Crippen LogP contribution in [0, 0.1) is 0 Å². The van der Waals surface area contributed by atoms with E-state index in [1.807, 2.05) is 21.1 Å². The molecule has 2 unspecified atom stereocenters. The molecule has 0 aromatic rings. The van der Waals surface area contributed by atoms with Crippen LogP contribution in [0.4, 0.5) is 0 Å². The van der Waals surface area contributed by atoms with Crippen molar-refractivity contribution in [3.63, 3.8) is 0 Å². The summed E-state index contributed by atoms with van der Waals surface area (Å²) in [5, 5.41) is 9.79. The van der Waals surface area contributed by atoms with Crippen LogP contribution < -0.4 is 0 Å². The van der Waals surface area contributed by atoms with Crippen molar-refractivity contribution < 1.29 is 42.9 Å². The van der Waals surface area contributed by atoms with Gasteiger partial charge in [-0.3, -0.25) is 9.59 Å². The lowest BCUT2D eigenvalue weighted by Gasteiger charge is -2.25. The van der Waals surface area contributed by atoms with E-state index >= 15 is 0 Å². The molecule has 0 radical (unpaired) electrons. The molecule has 0 amide bonds. The molecule has 0 fully saturated rings. The standard InChI is InChI=1S/C92H161NO8/c1-6-8-10-12-14-16-18-20-22-24-26-28-30-32-34-36-38-40-42-43-44-45-46-47-49-51-53-55-57-59-61-63-65-67-69-71-73-75-77-79-81-83-90(95)101-88(87-100-92(91(96)97)98-85-84-93(3,4)5)86-99-89(94)82-80-78-76-74-72-70-68-66-64-62-60-58-56-54-52-50-48-41-39-37-35-33-31-29-27-25-23-21-19-17-15-13-11-9-7-2/h8-11,14-17,20-23,26-29,32-35,88,92H,6-7,12-13,18-19,24-25,30-31,36-87H2,1-5H3/p+1/b10-8-,11-9-,16-14-,17-15-,22-20-,23-21-,28-26-,29-27-,34-32-,35-33-. The van der Waals surface area contributed by atoms with E-state index in [1.165, 1.54) is 257 Å². The van der Waals surface area contributed by atoms with E-state index in [0.717, 1.165) is 103 Å². The fourth-order valence-electron chi connectivity index (χ4n) is 12.3. The lowest BCUT2D eigenvalue weighted by atomic mass is 10.0. The second-order valence-corrected chi connectivity index (χ2v) is 29.7. The number of hydrogen-bond donors (Lipinski definition) is 1. The number of carbonyl (C=O) groups excluding carboxylic acids is 2. The highest BCUT2D eigenvalue weighted by molar-refractivity contribution is 5.71. The SMILES string of the molecule is CC/C=C\C/C=C\C/C=C\C/C=C\C/C=C\CCCCCCCCCCCCCCCCCCCCCCCCCCCC(=O)OC(COC(=O)CCCCCCCCCCCCCCCCCCCCC/C=C\C/C=C\C/C=C\C/C=C\C/C=C\CC)COC(OCC[N+](C)(C)C)C(=O)O. The molecule has 1 N–H and O–H groups in total. The van der Waals surface area contributed by atoms with Crippen molar-refractivity contribution in [3.05, 3.63) is 122 Å². The number of quaternary nitrogens is 1. The minimum absolute atomic E-state index is 0.180. The fraction of sp³-hybridized carbons (Fsp3) is 0.750. The Balaban J connectivity index is 3.95. The second-order valence-electron chi connectivity index (χ2n) is 29.7. The first-order valence-electron chi connectivity index (χ1n) is 42.7. The molecular formula is C92H162NO8+. The highest BCUT2D eigenvalue weighted by atomic mass is 16.7. The first-order valence-corrected chi connectivity index (χ1v) is 42.7. The summed E-state index contributed by atoms with van der Waals surface area (Å²) < 4.78 is 23.1. The number of allylic oxidation sites excluding steroid dienone is 20. The van der Waals surface area contributed by atoms with E-state index in [-0.39, 0.29) is 38.2 Å². The molecule has 0 rings (SSSR count). The van der Waals surface area contributed by atoms with Crippen molar-refractivity contribution in [2.45, 2.75) is 399 Å². The number of esters is 2. The maximum absolute atomic E-state index is 13.0. The largest absolute Gasteiger partial charge is 0.477 e. The summed E-state index contributed by atoms with van der Waals surface area (Å²) in [7, 11) is 6.00. The fourth-order valence-corrected chi connectivity index (χ4v) is 12.3. The van der Waals surface area contributed by atoms with Gasteiger partial charge in [0, 0.05) is 12.8 Å². The van der Waals surface area contributed by atoms with Crippen LogP contribution in [0.5, 0.6) is 0 Å². The molecule has 0 spiro atoms. The van der Waals surface area contributed by atoms with Crippen molar-refractivity contribution in [2.24, 2.45) is 0 Å². The zero-order chi connectivity index (χ0) is 73.2. The summed E-state index contributed by atoms with van der Waals surface area (Å²) in [6.07, 6.45) is 114. The lowest BCUT2D eigenvalue weighted by molar-refractivity contribution is -0.870. The summed E-state index contributed by atoms with van der Waals surface area (Å²) in [6, 6.07) is 0. The highest BCUT2D eigenvalue weighted by Crippen LogP contribution is 2.20. The Morgan fingerprint density at radius 1 is 0.297 bits per heavy atom. The van der Waals surface area contributed by atoms with Gasteiger partial charge in [-0.25, -0.2) is 4.79 Å². The summed E-state index contributed by atoms with van der Waals surface area (Å²) in [5.41, 5.74) is 0. The van der Waals surface area contributed by atoms with E-state index < -0.39 is 18.4 Å². The topological polar surface area (TPSA) is 108 Å². The van der Waals surface area contributed by atoms with Crippen molar-refractivity contribution in [1.82, 2.24) is 0 Å². The number of carboxylic acids is 1. The molecule has 0 heterocycles. The van der Waals surface area contributed by atoms with Gasteiger partial charge in [-0.1, -0.05) is 392 Å². The van der Waals surface area contributed by atoms with Gasteiger partial charge in [0.25, 0.3) is 6.29 Å². The third-order valence-corrected chi connectivity index (χ3v) is 18.7. The Morgan fingerprint density at radius 3 is 0.792 bits per heavy atom. The zero-order valence-corrected chi connectivity index (χ0v) is 66.8. The number of rotatable bonds is 79. The van der Waals surface area contributed by atoms with Crippen molar-refractivity contribution >= 4 is 17.9 Å². The highest BCUT2D eigenvalue weighted by Gasteiger charge is 2.25. The number of carbonyl (C=O) groups is 3. The molecule has 582 valence electrons.